The lowest BCUT2D eigenvalue weighted by molar-refractivity contribution is -0.176. The number of carbonyl (C=O) groups excluding carboxylic acids is 1. The molecule has 236 valence electrons. The number of aromatic carboxylic acids is 1. The summed E-state index contributed by atoms with van der Waals surface area (Å²) in [6, 6.07) is 8.21. The number of anilines is 1. The first-order valence-corrected chi connectivity index (χ1v) is 16.0. The van der Waals surface area contributed by atoms with E-state index in [1.807, 2.05) is 0 Å². The topological polar surface area (TPSA) is 294 Å². The second-order valence-electron chi connectivity index (χ2n) is 9.80. The number of unbranched alkanes of at least 4 members (excludes halogenated alkanes) is 3. The van der Waals surface area contributed by atoms with Gasteiger partial charge in [-0.3, -0.25) is 10.2 Å². The second kappa shape index (κ2) is 12.9. The minimum Gasteiger partial charge on any atom is -0.744 e. The monoisotopic (exact) mass is 657 g/mol. The van der Waals surface area contributed by atoms with Crippen molar-refractivity contribution in [1.29, 1.82) is 0 Å². The molecule has 0 bridgehead atoms. The van der Waals surface area contributed by atoms with Gasteiger partial charge in [-0.25, -0.2) is 21.6 Å². The number of amides is 1. The van der Waals surface area contributed by atoms with Gasteiger partial charge in [0.25, 0.3) is 5.91 Å². The standard InChI is InChI=1S/C27H26N6O10S2/c28-19-9-7-16-21(17-8-10-20(29)25(45(40,41)42)23(17)43-22(16)24(19)44(37,38)39)15-6-5-14(13-18(15)27(35)36)26(34)31-11-3-1-2-4-12-32-33-30/h5-10,13,28H,1-4,11-12,29H2,(H,31,34)(H,35,36)(H,37,38,39)(H,40,41,42)/p-1. The first-order chi connectivity index (χ1) is 21.2. The molecule has 0 atom stereocenters. The molecular formula is C27H25N6O10S2-. The summed E-state index contributed by atoms with van der Waals surface area (Å²) in [7, 11) is -10.7. The van der Waals surface area contributed by atoms with E-state index in [1.165, 1.54) is 24.3 Å². The van der Waals surface area contributed by atoms with E-state index in [9.17, 15) is 40.6 Å². The highest BCUT2D eigenvalue weighted by Gasteiger charge is 2.30. The van der Waals surface area contributed by atoms with Gasteiger partial charge in [0.2, 0.25) is 5.36 Å². The van der Waals surface area contributed by atoms with Crippen molar-refractivity contribution in [2.75, 3.05) is 18.8 Å². The molecule has 1 aliphatic carbocycles. The number of rotatable bonds is 12. The molecule has 16 nitrogen and oxygen atoms in total. The molecule has 2 aromatic carbocycles. The number of nitrogens with zero attached hydrogens (tertiary/aromatic N) is 3. The molecule has 0 unspecified atom stereocenters. The van der Waals surface area contributed by atoms with Crippen molar-refractivity contribution < 1.29 is 50.5 Å². The molecule has 0 radical (unpaired) electrons. The van der Waals surface area contributed by atoms with Crippen LogP contribution in [0, 0.1) is 0 Å². The number of azide groups is 1. The highest BCUT2D eigenvalue weighted by atomic mass is 32.2. The van der Waals surface area contributed by atoms with Gasteiger partial charge in [0.15, 0.2) is 16.2 Å². The lowest BCUT2D eigenvalue weighted by atomic mass is 9.89. The Bertz CT molecular complexity index is 2140. The molecule has 4 rings (SSSR count). The average molecular weight is 658 g/mol. The maximum Gasteiger partial charge on any atom is 0.336 e. The van der Waals surface area contributed by atoms with E-state index in [4.69, 9.17) is 21.1 Å². The third-order valence-corrected chi connectivity index (χ3v) is 8.69. The van der Waals surface area contributed by atoms with E-state index < -0.39 is 69.9 Å². The predicted octanol–water partition coefficient (Wildman–Crippen LogP) is 1.55. The van der Waals surface area contributed by atoms with Gasteiger partial charge in [0.1, 0.15) is 25.1 Å². The van der Waals surface area contributed by atoms with Crippen molar-refractivity contribution in [2.24, 2.45) is 5.11 Å². The average Bonchev–Trinajstić information content (AvgIpc) is 2.95. The summed E-state index contributed by atoms with van der Waals surface area (Å²) in [6.07, 6.45) is 2.83. The number of benzene rings is 3. The van der Waals surface area contributed by atoms with Crippen molar-refractivity contribution in [3.63, 3.8) is 0 Å². The Morgan fingerprint density at radius 1 is 0.978 bits per heavy atom. The van der Waals surface area contributed by atoms with Crippen LogP contribution in [-0.4, -0.2) is 56.0 Å². The summed E-state index contributed by atoms with van der Waals surface area (Å²) in [5, 5.41) is 21.3. The molecule has 0 fully saturated rings. The van der Waals surface area contributed by atoms with Crippen LogP contribution in [0.1, 0.15) is 46.4 Å². The molecule has 0 saturated heterocycles. The largest absolute Gasteiger partial charge is 0.744 e. The Morgan fingerprint density at radius 3 is 2.29 bits per heavy atom. The number of fused-ring (bicyclic) bond motifs is 2. The quantitative estimate of drug-likeness (QED) is 0.0322. The van der Waals surface area contributed by atoms with Gasteiger partial charge in [-0.15, -0.1) is 0 Å². The Kier molecular flexibility index (Phi) is 9.45. The number of carboxylic acid groups (broad SMARTS) is 1. The van der Waals surface area contributed by atoms with Crippen molar-refractivity contribution in [3.8, 4) is 22.5 Å². The van der Waals surface area contributed by atoms with Gasteiger partial charge in [0, 0.05) is 46.1 Å². The highest BCUT2D eigenvalue weighted by Crippen LogP contribution is 2.45. The first kappa shape index (κ1) is 32.9. The highest BCUT2D eigenvalue weighted by molar-refractivity contribution is 7.86. The van der Waals surface area contributed by atoms with E-state index in [2.05, 4.69) is 15.3 Å². The predicted molar refractivity (Wildman–Crippen MR) is 155 cm³/mol. The summed E-state index contributed by atoms with van der Waals surface area (Å²) in [6.45, 7) is 0.651. The third-order valence-electron chi connectivity index (χ3n) is 6.84. The van der Waals surface area contributed by atoms with E-state index in [0.29, 0.717) is 19.4 Å². The van der Waals surface area contributed by atoms with E-state index in [-0.39, 0.29) is 34.2 Å². The van der Waals surface area contributed by atoms with E-state index in [0.717, 1.165) is 31.0 Å². The van der Waals surface area contributed by atoms with Crippen LogP contribution in [-0.2, 0) is 20.2 Å². The zero-order chi connectivity index (χ0) is 33.1. The van der Waals surface area contributed by atoms with Crippen LogP contribution in [0.5, 0.6) is 0 Å². The van der Waals surface area contributed by atoms with Gasteiger partial charge in [0.05, 0.1) is 11.3 Å². The van der Waals surface area contributed by atoms with Gasteiger partial charge in [-0.1, -0.05) is 24.0 Å². The third kappa shape index (κ3) is 6.89. The molecule has 45 heavy (non-hydrogen) atoms. The van der Waals surface area contributed by atoms with Crippen molar-refractivity contribution in [1.82, 2.24) is 5.32 Å². The number of nitrogens with one attached hydrogen (secondary N) is 1. The van der Waals surface area contributed by atoms with Gasteiger partial charge in [-0.05, 0) is 54.3 Å². The van der Waals surface area contributed by atoms with E-state index >= 15 is 0 Å². The van der Waals surface area contributed by atoms with Gasteiger partial charge in [-0.2, -0.15) is 0 Å². The molecule has 1 aliphatic heterocycles. The molecule has 0 saturated carbocycles. The SMILES string of the molecule is [N-]=[N+]=NCCCCCCNC(=O)c1ccc(-c2c3ccc(=[NH2+])c(S(=O)(=O)[O-])c-3oc3c(S(=O)(=O)[O-])c(N)ccc23)c(C(=O)O)c1. The Morgan fingerprint density at radius 2 is 1.64 bits per heavy atom. The van der Waals surface area contributed by atoms with Crippen LogP contribution < -0.4 is 21.8 Å². The summed E-state index contributed by atoms with van der Waals surface area (Å²) in [5.74, 6) is -2.84. The second-order valence-corrected chi connectivity index (χ2v) is 12.4. The molecular weight excluding hydrogens is 632 g/mol. The maximum atomic E-state index is 12.8. The van der Waals surface area contributed by atoms with Crippen molar-refractivity contribution in [2.45, 2.75) is 35.5 Å². The summed E-state index contributed by atoms with van der Waals surface area (Å²) in [5.41, 5.74) is 11.9. The molecule has 2 aromatic rings. The number of nitrogens with two attached hydrogens (primary N) is 2. The maximum absolute atomic E-state index is 12.8. The fraction of sp³-hybridized carbons (Fsp3) is 0.222. The van der Waals surface area contributed by atoms with Crippen molar-refractivity contribution in [3.05, 3.63) is 69.4 Å². The minimum atomic E-state index is -5.37. The van der Waals surface area contributed by atoms with Gasteiger partial charge >= 0.3 is 5.97 Å². The minimum absolute atomic E-state index is 0.0344. The normalized spacial score (nSPS) is 11.8. The van der Waals surface area contributed by atoms with Crippen LogP contribution in [0.2, 0.25) is 0 Å². The van der Waals surface area contributed by atoms with Gasteiger partial charge < -0.3 is 29.7 Å². The van der Waals surface area contributed by atoms with Crippen LogP contribution >= 0.6 is 0 Å². The zero-order valence-corrected chi connectivity index (χ0v) is 24.9. The number of hydrogen-bond donors (Lipinski definition) is 4. The van der Waals surface area contributed by atoms with Crippen LogP contribution in [0.25, 0.3) is 43.9 Å². The smallest absolute Gasteiger partial charge is 0.336 e. The Balaban J connectivity index is 1.89. The van der Waals surface area contributed by atoms with E-state index in [1.54, 1.807) is 0 Å². The number of carbonyl (C=O) groups is 2. The Labute approximate surface area is 255 Å². The number of nitrogen functional groups attached to an aromatic ring is 1. The molecule has 1 heterocycles. The lowest BCUT2D eigenvalue weighted by Gasteiger charge is -2.22. The summed E-state index contributed by atoms with van der Waals surface area (Å²) < 4.78 is 78.9. The Hall–Kier alpha value is -5.00. The number of hydrogen-bond acceptors (Lipinski definition) is 11. The first-order valence-electron chi connectivity index (χ1n) is 13.2. The molecule has 0 aromatic heterocycles. The molecule has 1 amide bonds. The fourth-order valence-corrected chi connectivity index (χ4v) is 6.37. The van der Waals surface area contributed by atoms with Crippen LogP contribution in [0.4, 0.5) is 5.69 Å². The summed E-state index contributed by atoms with van der Waals surface area (Å²) >= 11 is 0. The van der Waals surface area contributed by atoms with Crippen LogP contribution in [0.3, 0.4) is 0 Å². The molecule has 6 N–H and O–H groups in total. The van der Waals surface area contributed by atoms with Crippen LogP contribution in [0.15, 0.2) is 61.8 Å². The summed E-state index contributed by atoms with van der Waals surface area (Å²) in [4.78, 5) is 25.9. The molecule has 0 spiro atoms. The molecule has 18 heteroatoms. The van der Waals surface area contributed by atoms with Crippen molar-refractivity contribution >= 4 is 48.8 Å². The lowest BCUT2D eigenvalue weighted by Crippen LogP contribution is -2.47. The number of carboxylic acids is 1. The molecule has 2 aliphatic rings. The fourth-order valence-electron chi connectivity index (χ4n) is 4.90. The zero-order valence-electron chi connectivity index (χ0n) is 23.2.